The highest BCUT2D eigenvalue weighted by Crippen LogP contribution is 2.31. The molecule has 0 aromatic rings. The van der Waals surface area contributed by atoms with E-state index in [0.29, 0.717) is 10.8 Å². The van der Waals surface area contributed by atoms with Gasteiger partial charge in [0, 0.05) is 19.1 Å². The van der Waals surface area contributed by atoms with Gasteiger partial charge in [-0.1, -0.05) is 27.7 Å². The molecule has 0 radical (unpaired) electrons. The molecule has 0 atom stereocenters. The van der Waals surface area contributed by atoms with E-state index in [1.165, 1.54) is 58.3 Å². The molecule has 1 saturated carbocycles. The van der Waals surface area contributed by atoms with Crippen molar-refractivity contribution in [2.75, 3.05) is 26.2 Å². The largest absolute Gasteiger partial charge is 0.313 e. The van der Waals surface area contributed by atoms with Crippen LogP contribution < -0.4 is 5.32 Å². The number of rotatable bonds is 5. The fourth-order valence-electron chi connectivity index (χ4n) is 3.01. The molecule has 2 aliphatic rings. The summed E-state index contributed by atoms with van der Waals surface area (Å²) in [5.41, 5.74) is 0.974. The molecule has 2 fully saturated rings. The molecule has 2 heteroatoms. The summed E-state index contributed by atoms with van der Waals surface area (Å²) in [5, 5.41) is 3.69. The molecule has 0 amide bonds. The Morgan fingerprint density at radius 3 is 2.56 bits per heavy atom. The smallest absolute Gasteiger partial charge is 0.00684 e. The van der Waals surface area contributed by atoms with E-state index in [0.717, 1.165) is 6.04 Å². The minimum absolute atomic E-state index is 0.414. The standard InChI is InChI=1S/C16H32N2/c1-15(2)8-5-10-18(11-9-15)13-16(3,4)12-17-14-6-7-14/h14,17H,5-13H2,1-4H3. The fraction of sp³-hybridized carbons (Fsp3) is 1.00. The second-order valence-corrected chi connectivity index (χ2v) is 8.11. The van der Waals surface area contributed by atoms with Gasteiger partial charge in [-0.15, -0.1) is 0 Å². The lowest BCUT2D eigenvalue weighted by Gasteiger charge is -2.32. The number of hydrogen-bond donors (Lipinski definition) is 1. The molecule has 18 heavy (non-hydrogen) atoms. The summed E-state index contributed by atoms with van der Waals surface area (Å²) in [7, 11) is 0. The number of hydrogen-bond acceptors (Lipinski definition) is 2. The SMILES string of the molecule is CC1(C)CCCN(CC(C)(C)CNC2CC2)CC1. The van der Waals surface area contributed by atoms with Gasteiger partial charge in [-0.3, -0.25) is 0 Å². The summed E-state index contributed by atoms with van der Waals surface area (Å²) in [6, 6.07) is 0.840. The van der Waals surface area contributed by atoms with Gasteiger partial charge in [-0.2, -0.15) is 0 Å². The van der Waals surface area contributed by atoms with Crippen molar-refractivity contribution in [3.8, 4) is 0 Å². The van der Waals surface area contributed by atoms with E-state index >= 15 is 0 Å². The lowest BCUT2D eigenvalue weighted by atomic mass is 9.85. The van der Waals surface area contributed by atoms with Gasteiger partial charge in [0.05, 0.1) is 0 Å². The maximum Gasteiger partial charge on any atom is 0.00684 e. The molecule has 1 heterocycles. The zero-order valence-electron chi connectivity index (χ0n) is 12.9. The molecule has 2 nitrogen and oxygen atoms in total. The maximum atomic E-state index is 3.69. The van der Waals surface area contributed by atoms with E-state index in [4.69, 9.17) is 0 Å². The van der Waals surface area contributed by atoms with E-state index in [1.54, 1.807) is 0 Å². The highest BCUT2D eigenvalue weighted by Gasteiger charge is 2.29. The molecule has 1 N–H and O–H groups in total. The van der Waals surface area contributed by atoms with E-state index in [-0.39, 0.29) is 0 Å². The molecule has 0 bridgehead atoms. The van der Waals surface area contributed by atoms with Crippen molar-refractivity contribution in [2.24, 2.45) is 10.8 Å². The minimum atomic E-state index is 0.414. The monoisotopic (exact) mass is 252 g/mol. The van der Waals surface area contributed by atoms with Crippen LogP contribution in [0, 0.1) is 10.8 Å². The predicted octanol–water partition coefficient (Wildman–Crippen LogP) is 3.28. The maximum absolute atomic E-state index is 3.69. The number of nitrogens with one attached hydrogen (secondary N) is 1. The van der Waals surface area contributed by atoms with Crippen molar-refractivity contribution >= 4 is 0 Å². The molecular weight excluding hydrogens is 220 g/mol. The molecule has 2 rings (SSSR count). The van der Waals surface area contributed by atoms with Crippen LogP contribution in [-0.4, -0.2) is 37.1 Å². The zero-order chi connectivity index (χ0) is 13.2. The Labute approximate surface area is 114 Å². The summed E-state index contributed by atoms with van der Waals surface area (Å²) in [6.45, 7) is 14.7. The molecule has 106 valence electrons. The van der Waals surface area contributed by atoms with Crippen LogP contribution in [0.1, 0.15) is 59.8 Å². The van der Waals surface area contributed by atoms with Crippen LogP contribution in [-0.2, 0) is 0 Å². The van der Waals surface area contributed by atoms with Crippen molar-refractivity contribution in [1.82, 2.24) is 10.2 Å². The molecule has 0 aromatic heterocycles. The Kier molecular flexibility index (Phi) is 4.38. The first-order valence-corrected chi connectivity index (χ1v) is 7.82. The second kappa shape index (κ2) is 5.50. The first kappa shape index (κ1) is 14.3. The molecule has 1 aliphatic carbocycles. The van der Waals surface area contributed by atoms with Gasteiger partial charge < -0.3 is 10.2 Å². The lowest BCUT2D eigenvalue weighted by molar-refractivity contribution is 0.173. The Morgan fingerprint density at radius 2 is 1.89 bits per heavy atom. The minimum Gasteiger partial charge on any atom is -0.313 e. The van der Waals surface area contributed by atoms with E-state index < -0.39 is 0 Å². The third-order valence-electron chi connectivity index (χ3n) is 4.53. The predicted molar refractivity (Wildman–Crippen MR) is 78.9 cm³/mol. The van der Waals surface area contributed by atoms with E-state index in [2.05, 4.69) is 37.9 Å². The van der Waals surface area contributed by atoms with Crippen molar-refractivity contribution in [3.05, 3.63) is 0 Å². The van der Waals surface area contributed by atoms with Crippen LogP contribution in [0.3, 0.4) is 0 Å². The first-order chi connectivity index (χ1) is 8.36. The van der Waals surface area contributed by atoms with Gasteiger partial charge in [0.2, 0.25) is 0 Å². The Hall–Kier alpha value is -0.0800. The fourth-order valence-corrected chi connectivity index (χ4v) is 3.01. The first-order valence-electron chi connectivity index (χ1n) is 7.82. The molecule has 0 unspecified atom stereocenters. The van der Waals surface area contributed by atoms with Crippen molar-refractivity contribution in [2.45, 2.75) is 65.8 Å². The summed E-state index contributed by atoms with van der Waals surface area (Å²) in [5.74, 6) is 0. The van der Waals surface area contributed by atoms with E-state index in [1.807, 2.05) is 0 Å². The Balaban J connectivity index is 1.76. The Morgan fingerprint density at radius 1 is 1.17 bits per heavy atom. The van der Waals surface area contributed by atoms with Crippen molar-refractivity contribution < 1.29 is 0 Å². The third kappa shape index (κ3) is 4.89. The van der Waals surface area contributed by atoms with Crippen LogP contribution in [0.25, 0.3) is 0 Å². The summed E-state index contributed by atoms with van der Waals surface area (Å²) in [4.78, 5) is 2.70. The summed E-state index contributed by atoms with van der Waals surface area (Å²) in [6.07, 6.45) is 6.92. The lowest BCUT2D eigenvalue weighted by Crippen LogP contribution is -2.41. The Bertz CT molecular complexity index is 266. The highest BCUT2D eigenvalue weighted by atomic mass is 15.1. The van der Waals surface area contributed by atoms with Crippen LogP contribution in [0.15, 0.2) is 0 Å². The van der Waals surface area contributed by atoms with Crippen molar-refractivity contribution in [1.29, 1.82) is 0 Å². The van der Waals surface area contributed by atoms with E-state index in [9.17, 15) is 0 Å². The van der Waals surface area contributed by atoms with Crippen LogP contribution in [0.2, 0.25) is 0 Å². The molecule has 1 aliphatic heterocycles. The van der Waals surface area contributed by atoms with Crippen LogP contribution in [0.5, 0.6) is 0 Å². The van der Waals surface area contributed by atoms with Crippen LogP contribution >= 0.6 is 0 Å². The van der Waals surface area contributed by atoms with Gasteiger partial charge in [-0.25, -0.2) is 0 Å². The summed E-state index contributed by atoms with van der Waals surface area (Å²) >= 11 is 0. The van der Waals surface area contributed by atoms with Gasteiger partial charge in [-0.05, 0) is 56.0 Å². The van der Waals surface area contributed by atoms with Crippen LogP contribution in [0.4, 0.5) is 0 Å². The normalized spacial score (nSPS) is 26.0. The molecule has 0 aromatic carbocycles. The van der Waals surface area contributed by atoms with Gasteiger partial charge in [0.1, 0.15) is 0 Å². The van der Waals surface area contributed by atoms with Crippen molar-refractivity contribution in [3.63, 3.8) is 0 Å². The number of nitrogens with zero attached hydrogens (tertiary/aromatic N) is 1. The second-order valence-electron chi connectivity index (χ2n) is 8.11. The molecule has 0 spiro atoms. The van der Waals surface area contributed by atoms with Gasteiger partial charge in [0.15, 0.2) is 0 Å². The van der Waals surface area contributed by atoms with Gasteiger partial charge >= 0.3 is 0 Å². The zero-order valence-corrected chi connectivity index (χ0v) is 12.9. The average Bonchev–Trinajstić information content (AvgIpc) is 3.06. The average molecular weight is 252 g/mol. The number of likely N-dealkylation sites (tertiary alicyclic amines) is 1. The topological polar surface area (TPSA) is 15.3 Å². The molecule has 1 saturated heterocycles. The summed E-state index contributed by atoms with van der Waals surface area (Å²) < 4.78 is 0. The quantitative estimate of drug-likeness (QED) is 0.808. The molecular formula is C16H32N2. The third-order valence-corrected chi connectivity index (χ3v) is 4.53. The van der Waals surface area contributed by atoms with Gasteiger partial charge in [0.25, 0.3) is 0 Å². The highest BCUT2D eigenvalue weighted by molar-refractivity contribution is 4.86.